The van der Waals surface area contributed by atoms with Crippen LogP contribution in [0.1, 0.15) is 11.1 Å². The second kappa shape index (κ2) is 9.23. The topological polar surface area (TPSA) is 71.3 Å². The van der Waals surface area contributed by atoms with Gasteiger partial charge in [-0.05, 0) is 11.1 Å². The molecule has 0 spiro atoms. The molecule has 23 heavy (non-hydrogen) atoms. The summed E-state index contributed by atoms with van der Waals surface area (Å²) < 4.78 is 10.5. The van der Waals surface area contributed by atoms with Gasteiger partial charge in [-0.1, -0.05) is 60.7 Å². The molecule has 0 aliphatic carbocycles. The van der Waals surface area contributed by atoms with Crippen LogP contribution >= 0.6 is 0 Å². The number of carbonyl (C=O) groups excluding carboxylic acids is 1. The number of nitriles is 1. The molecule has 5 nitrogen and oxygen atoms in total. The summed E-state index contributed by atoms with van der Waals surface area (Å²) >= 11 is 0. The largest absolute Gasteiger partial charge is 0.445 e. The fourth-order valence-electron chi connectivity index (χ4n) is 1.89. The Bertz CT molecular complexity index is 638. The average Bonchev–Trinajstić information content (AvgIpc) is 2.61. The number of nitrogens with one attached hydrogen (secondary N) is 1. The molecule has 0 heterocycles. The number of hydrogen-bond acceptors (Lipinski definition) is 4. The van der Waals surface area contributed by atoms with E-state index >= 15 is 0 Å². The number of rotatable bonds is 7. The maximum Gasteiger partial charge on any atom is 0.408 e. The van der Waals surface area contributed by atoms with Crippen LogP contribution in [0.4, 0.5) is 4.79 Å². The highest BCUT2D eigenvalue weighted by molar-refractivity contribution is 5.68. The Morgan fingerprint density at radius 2 is 1.57 bits per heavy atom. The Morgan fingerprint density at radius 3 is 2.13 bits per heavy atom. The normalized spacial score (nSPS) is 11.3. The lowest BCUT2D eigenvalue weighted by atomic mass is 10.2. The summed E-state index contributed by atoms with van der Waals surface area (Å²) in [7, 11) is 0. The summed E-state index contributed by atoms with van der Waals surface area (Å²) in [5, 5.41) is 11.5. The molecule has 1 atom stereocenters. The maximum absolute atomic E-state index is 11.7. The standard InChI is InChI=1S/C18H18N2O3/c19-11-17(14-22-12-15-7-3-1-4-8-15)20-18(21)23-13-16-9-5-2-6-10-16/h1-10,17H,12-14H2,(H,20,21)/t17-/m0/s1. The van der Waals surface area contributed by atoms with Crippen molar-refractivity contribution in [2.75, 3.05) is 6.61 Å². The number of alkyl carbamates (subject to hydrolysis) is 1. The average molecular weight is 310 g/mol. The van der Waals surface area contributed by atoms with Gasteiger partial charge in [0.15, 0.2) is 0 Å². The lowest BCUT2D eigenvalue weighted by Crippen LogP contribution is -2.37. The van der Waals surface area contributed by atoms with Crippen molar-refractivity contribution < 1.29 is 14.3 Å². The predicted octanol–water partition coefficient (Wildman–Crippen LogP) is 3.02. The van der Waals surface area contributed by atoms with Crippen LogP contribution in [0.3, 0.4) is 0 Å². The van der Waals surface area contributed by atoms with Crippen LogP contribution in [-0.4, -0.2) is 18.7 Å². The van der Waals surface area contributed by atoms with Gasteiger partial charge in [0, 0.05) is 0 Å². The van der Waals surface area contributed by atoms with Crippen LogP contribution in [-0.2, 0) is 22.7 Å². The number of nitrogens with zero attached hydrogens (tertiary/aromatic N) is 1. The quantitative estimate of drug-likeness (QED) is 0.853. The molecule has 0 unspecified atom stereocenters. The van der Waals surface area contributed by atoms with Crippen molar-refractivity contribution in [3.05, 3.63) is 71.8 Å². The van der Waals surface area contributed by atoms with Crippen LogP contribution in [0, 0.1) is 11.3 Å². The zero-order valence-electron chi connectivity index (χ0n) is 12.6. The summed E-state index contributed by atoms with van der Waals surface area (Å²) in [5.41, 5.74) is 1.90. The molecule has 1 N–H and O–H groups in total. The summed E-state index contributed by atoms with van der Waals surface area (Å²) in [6, 6.07) is 20.2. The molecule has 5 heteroatoms. The van der Waals surface area contributed by atoms with E-state index < -0.39 is 12.1 Å². The smallest absolute Gasteiger partial charge is 0.408 e. The van der Waals surface area contributed by atoms with Crippen LogP contribution in [0.2, 0.25) is 0 Å². The third kappa shape index (κ3) is 6.20. The first-order valence-corrected chi connectivity index (χ1v) is 7.26. The minimum atomic E-state index is -0.748. The van der Waals surface area contributed by atoms with Gasteiger partial charge in [0.05, 0.1) is 19.3 Å². The van der Waals surface area contributed by atoms with Gasteiger partial charge in [0.25, 0.3) is 0 Å². The molecule has 2 rings (SSSR count). The van der Waals surface area contributed by atoms with Gasteiger partial charge in [-0.3, -0.25) is 0 Å². The van der Waals surface area contributed by atoms with Crippen molar-refractivity contribution in [3.63, 3.8) is 0 Å². The van der Waals surface area contributed by atoms with E-state index in [9.17, 15) is 4.79 Å². The van der Waals surface area contributed by atoms with E-state index in [2.05, 4.69) is 5.32 Å². The monoisotopic (exact) mass is 310 g/mol. The molecule has 0 aliphatic rings. The first-order chi connectivity index (χ1) is 11.3. The fraction of sp³-hybridized carbons (Fsp3) is 0.222. The van der Waals surface area contributed by atoms with E-state index in [1.54, 1.807) is 0 Å². The highest BCUT2D eigenvalue weighted by atomic mass is 16.5. The third-order valence-electron chi connectivity index (χ3n) is 3.06. The zero-order chi connectivity index (χ0) is 16.3. The minimum absolute atomic E-state index is 0.103. The third-order valence-corrected chi connectivity index (χ3v) is 3.06. The van der Waals surface area contributed by atoms with Crippen LogP contribution < -0.4 is 5.32 Å². The van der Waals surface area contributed by atoms with Crippen molar-refractivity contribution in [2.45, 2.75) is 19.3 Å². The Labute approximate surface area is 135 Å². The number of ether oxygens (including phenoxy) is 2. The van der Waals surface area contributed by atoms with E-state index in [4.69, 9.17) is 14.7 Å². The Morgan fingerprint density at radius 1 is 1.00 bits per heavy atom. The van der Waals surface area contributed by atoms with Gasteiger partial charge in [0.1, 0.15) is 12.6 Å². The Kier molecular flexibility index (Phi) is 6.64. The highest BCUT2D eigenvalue weighted by Crippen LogP contribution is 2.02. The lowest BCUT2D eigenvalue weighted by molar-refractivity contribution is 0.0994. The van der Waals surface area contributed by atoms with Crippen LogP contribution in [0.15, 0.2) is 60.7 Å². The molecule has 0 saturated heterocycles. The van der Waals surface area contributed by atoms with Crippen LogP contribution in [0.25, 0.3) is 0 Å². The minimum Gasteiger partial charge on any atom is -0.445 e. The molecule has 2 aromatic rings. The summed E-state index contributed by atoms with van der Waals surface area (Å²) in [6.07, 6.45) is -0.635. The van der Waals surface area contributed by atoms with Crippen LogP contribution in [0.5, 0.6) is 0 Å². The molecule has 118 valence electrons. The van der Waals surface area contributed by atoms with Gasteiger partial charge in [-0.15, -0.1) is 0 Å². The van der Waals surface area contributed by atoms with Crippen molar-refractivity contribution in [1.29, 1.82) is 5.26 Å². The van der Waals surface area contributed by atoms with E-state index in [0.717, 1.165) is 11.1 Å². The SMILES string of the molecule is N#C[C@@H](COCc1ccccc1)NC(=O)OCc1ccccc1. The summed E-state index contributed by atoms with van der Waals surface area (Å²) in [5.74, 6) is 0. The van der Waals surface area contributed by atoms with E-state index in [0.29, 0.717) is 6.61 Å². The molecule has 2 aromatic carbocycles. The maximum atomic E-state index is 11.7. The Hall–Kier alpha value is -2.84. The predicted molar refractivity (Wildman–Crippen MR) is 85.3 cm³/mol. The Balaban J connectivity index is 1.69. The summed E-state index contributed by atoms with van der Waals surface area (Å²) in [4.78, 5) is 11.7. The molecule has 0 aromatic heterocycles. The van der Waals surface area contributed by atoms with Gasteiger partial charge in [-0.25, -0.2) is 4.79 Å². The van der Waals surface area contributed by atoms with Gasteiger partial charge < -0.3 is 14.8 Å². The molecule has 1 amide bonds. The van der Waals surface area contributed by atoms with Crippen molar-refractivity contribution in [3.8, 4) is 6.07 Å². The second-order valence-corrected chi connectivity index (χ2v) is 4.89. The molecular weight excluding hydrogens is 292 g/mol. The van der Waals surface area contributed by atoms with E-state index in [-0.39, 0.29) is 13.2 Å². The van der Waals surface area contributed by atoms with Crippen molar-refractivity contribution in [1.82, 2.24) is 5.32 Å². The first kappa shape index (κ1) is 16.5. The van der Waals surface area contributed by atoms with Crippen molar-refractivity contribution in [2.24, 2.45) is 0 Å². The van der Waals surface area contributed by atoms with E-state index in [1.165, 1.54) is 0 Å². The van der Waals surface area contributed by atoms with Gasteiger partial charge in [0.2, 0.25) is 0 Å². The molecule has 0 radical (unpaired) electrons. The van der Waals surface area contributed by atoms with Gasteiger partial charge in [-0.2, -0.15) is 5.26 Å². The zero-order valence-corrected chi connectivity index (χ0v) is 12.6. The lowest BCUT2D eigenvalue weighted by Gasteiger charge is -2.12. The van der Waals surface area contributed by atoms with Crippen molar-refractivity contribution >= 4 is 6.09 Å². The number of carbonyl (C=O) groups is 1. The number of hydrogen-bond donors (Lipinski definition) is 1. The molecule has 0 bridgehead atoms. The number of amides is 1. The highest BCUT2D eigenvalue weighted by Gasteiger charge is 2.12. The molecule has 0 saturated carbocycles. The fourth-order valence-corrected chi connectivity index (χ4v) is 1.89. The molecular formula is C18H18N2O3. The summed E-state index contributed by atoms with van der Waals surface area (Å²) in [6.45, 7) is 0.654. The molecule has 0 aliphatic heterocycles. The van der Waals surface area contributed by atoms with Gasteiger partial charge >= 0.3 is 6.09 Å². The number of benzene rings is 2. The van der Waals surface area contributed by atoms with E-state index in [1.807, 2.05) is 66.7 Å². The molecule has 0 fully saturated rings. The second-order valence-electron chi connectivity index (χ2n) is 4.89. The first-order valence-electron chi connectivity index (χ1n) is 7.26.